The number of rotatable bonds is 4. The van der Waals surface area contributed by atoms with E-state index in [1.807, 2.05) is 13.0 Å². The fraction of sp³-hybridized carbons (Fsp3) is 0.333. The normalized spacial score (nSPS) is 16.3. The van der Waals surface area contributed by atoms with Gasteiger partial charge >= 0.3 is 0 Å². The molecule has 0 spiro atoms. The van der Waals surface area contributed by atoms with Crippen molar-refractivity contribution in [3.63, 3.8) is 0 Å². The van der Waals surface area contributed by atoms with Crippen molar-refractivity contribution in [1.29, 1.82) is 0 Å². The Morgan fingerprint density at radius 1 is 1.36 bits per heavy atom. The Balaban J connectivity index is 2.18. The molecule has 3 rings (SSSR count). The molecular formula is C21H25N3O. The van der Waals surface area contributed by atoms with Crippen molar-refractivity contribution in [2.45, 2.75) is 32.8 Å². The Kier molecular flexibility index (Phi) is 5.00. The van der Waals surface area contributed by atoms with E-state index in [9.17, 15) is 5.11 Å². The number of pyridine rings is 2. The molecule has 1 aliphatic heterocycles. The maximum absolute atomic E-state index is 9.77. The zero-order valence-electron chi connectivity index (χ0n) is 15.0. The maximum Gasteiger partial charge on any atom is 0.138 e. The first-order valence-corrected chi connectivity index (χ1v) is 8.73. The summed E-state index contributed by atoms with van der Waals surface area (Å²) in [5.41, 5.74) is 4.80. The van der Waals surface area contributed by atoms with E-state index < -0.39 is 0 Å². The SMILES string of the molecule is C=CC(=C)c1nc2ccnc(N3CCC(O)CC3)c2cc1C(C)=CC. The second kappa shape index (κ2) is 7.19. The standard InChI is InChI=1S/C21H25N3O/c1-5-14(3)17-13-18-19(23-20(17)15(4)6-2)7-10-22-21(18)24-11-8-16(25)9-12-24/h5-7,10,13,16,25H,2,4,8-9,11-12H2,1,3H3. The van der Waals surface area contributed by atoms with Gasteiger partial charge in [-0.1, -0.05) is 25.3 Å². The summed E-state index contributed by atoms with van der Waals surface area (Å²) in [6.07, 6.45) is 6.98. The number of allylic oxidation sites excluding steroid dienone is 4. The van der Waals surface area contributed by atoms with Crippen molar-refractivity contribution in [3.8, 4) is 0 Å². The van der Waals surface area contributed by atoms with Gasteiger partial charge in [0.2, 0.25) is 0 Å². The largest absolute Gasteiger partial charge is 0.393 e. The minimum Gasteiger partial charge on any atom is -0.393 e. The van der Waals surface area contributed by atoms with Crippen molar-refractivity contribution in [3.05, 3.63) is 54.9 Å². The van der Waals surface area contributed by atoms with Crippen LogP contribution in [0.1, 0.15) is 37.9 Å². The van der Waals surface area contributed by atoms with E-state index in [1.165, 1.54) is 0 Å². The molecule has 1 N–H and O–H groups in total. The van der Waals surface area contributed by atoms with Crippen molar-refractivity contribution in [2.75, 3.05) is 18.0 Å². The van der Waals surface area contributed by atoms with Crippen LogP contribution in [-0.2, 0) is 0 Å². The van der Waals surface area contributed by atoms with Gasteiger partial charge in [0.15, 0.2) is 0 Å². The number of nitrogens with zero attached hydrogens (tertiary/aromatic N) is 3. The van der Waals surface area contributed by atoms with Gasteiger partial charge in [-0.05, 0) is 50.0 Å². The number of anilines is 1. The summed E-state index contributed by atoms with van der Waals surface area (Å²) in [5, 5.41) is 10.8. The Morgan fingerprint density at radius 3 is 2.72 bits per heavy atom. The molecule has 4 heteroatoms. The van der Waals surface area contributed by atoms with Crippen molar-refractivity contribution < 1.29 is 5.11 Å². The molecule has 0 unspecified atom stereocenters. The molecule has 130 valence electrons. The molecule has 0 radical (unpaired) electrons. The summed E-state index contributed by atoms with van der Waals surface area (Å²) in [5.74, 6) is 0.942. The number of aliphatic hydroxyl groups is 1. The molecule has 25 heavy (non-hydrogen) atoms. The van der Waals surface area contributed by atoms with Crippen molar-refractivity contribution >= 4 is 27.9 Å². The minimum absolute atomic E-state index is 0.201. The average molecular weight is 335 g/mol. The number of hydrogen-bond acceptors (Lipinski definition) is 4. The highest BCUT2D eigenvalue weighted by molar-refractivity contribution is 5.95. The van der Waals surface area contributed by atoms with E-state index >= 15 is 0 Å². The van der Waals surface area contributed by atoms with Gasteiger partial charge in [0, 0.05) is 30.2 Å². The molecule has 0 amide bonds. The van der Waals surface area contributed by atoms with Crippen LogP contribution in [-0.4, -0.2) is 34.3 Å². The predicted molar refractivity (Wildman–Crippen MR) is 106 cm³/mol. The monoisotopic (exact) mass is 335 g/mol. The third-order valence-electron chi connectivity index (χ3n) is 4.89. The van der Waals surface area contributed by atoms with Gasteiger partial charge in [-0.2, -0.15) is 0 Å². The van der Waals surface area contributed by atoms with Crippen LogP contribution < -0.4 is 4.90 Å². The summed E-state index contributed by atoms with van der Waals surface area (Å²) < 4.78 is 0. The van der Waals surface area contributed by atoms with Crippen LogP contribution >= 0.6 is 0 Å². The highest BCUT2D eigenvalue weighted by Crippen LogP contribution is 2.32. The first kappa shape index (κ1) is 17.4. The number of aliphatic hydroxyl groups excluding tert-OH is 1. The van der Waals surface area contributed by atoms with E-state index in [1.54, 1.807) is 12.3 Å². The first-order chi connectivity index (χ1) is 12.0. The fourth-order valence-electron chi connectivity index (χ4n) is 3.21. The lowest BCUT2D eigenvalue weighted by Gasteiger charge is -2.31. The highest BCUT2D eigenvalue weighted by atomic mass is 16.3. The summed E-state index contributed by atoms with van der Waals surface area (Å²) >= 11 is 0. The van der Waals surface area contributed by atoms with Crippen LogP contribution in [0.4, 0.5) is 5.82 Å². The molecule has 0 aromatic carbocycles. The number of aromatic nitrogens is 2. The van der Waals surface area contributed by atoms with Crippen LogP contribution in [0.25, 0.3) is 22.0 Å². The van der Waals surface area contributed by atoms with Gasteiger partial charge in [-0.3, -0.25) is 0 Å². The lowest BCUT2D eigenvalue weighted by molar-refractivity contribution is 0.145. The van der Waals surface area contributed by atoms with E-state index in [4.69, 9.17) is 4.98 Å². The summed E-state index contributed by atoms with van der Waals surface area (Å²) in [7, 11) is 0. The van der Waals surface area contributed by atoms with Crippen LogP contribution in [0.15, 0.2) is 43.6 Å². The molecule has 0 aliphatic carbocycles. The third kappa shape index (κ3) is 3.35. The van der Waals surface area contributed by atoms with Crippen LogP contribution in [0.3, 0.4) is 0 Å². The molecule has 0 atom stereocenters. The smallest absolute Gasteiger partial charge is 0.138 e. The molecule has 2 aromatic heterocycles. The quantitative estimate of drug-likeness (QED) is 0.850. The van der Waals surface area contributed by atoms with E-state index in [2.05, 4.69) is 42.1 Å². The number of hydrogen-bond donors (Lipinski definition) is 1. The van der Waals surface area contributed by atoms with Crippen molar-refractivity contribution in [1.82, 2.24) is 9.97 Å². The minimum atomic E-state index is -0.201. The second-order valence-corrected chi connectivity index (χ2v) is 6.51. The van der Waals surface area contributed by atoms with Crippen LogP contribution in [0.2, 0.25) is 0 Å². The number of fused-ring (bicyclic) bond motifs is 1. The van der Waals surface area contributed by atoms with E-state index in [-0.39, 0.29) is 6.10 Å². The fourth-order valence-corrected chi connectivity index (χ4v) is 3.21. The molecule has 1 saturated heterocycles. The van der Waals surface area contributed by atoms with Gasteiger partial charge in [-0.15, -0.1) is 0 Å². The average Bonchev–Trinajstić information content (AvgIpc) is 2.65. The Hall–Kier alpha value is -2.46. The van der Waals surface area contributed by atoms with Gasteiger partial charge in [-0.25, -0.2) is 9.97 Å². The van der Waals surface area contributed by atoms with E-state index in [0.717, 1.165) is 65.1 Å². The predicted octanol–water partition coefficient (Wildman–Crippen LogP) is 4.21. The van der Waals surface area contributed by atoms with Crippen LogP contribution in [0, 0.1) is 0 Å². The Morgan fingerprint density at radius 2 is 2.08 bits per heavy atom. The summed E-state index contributed by atoms with van der Waals surface area (Å²) in [4.78, 5) is 11.7. The summed E-state index contributed by atoms with van der Waals surface area (Å²) in [6, 6.07) is 4.10. The van der Waals surface area contributed by atoms with Gasteiger partial charge < -0.3 is 10.0 Å². The topological polar surface area (TPSA) is 49.2 Å². The van der Waals surface area contributed by atoms with Crippen molar-refractivity contribution in [2.24, 2.45) is 0 Å². The lowest BCUT2D eigenvalue weighted by atomic mass is 9.98. The molecule has 4 nitrogen and oxygen atoms in total. The zero-order chi connectivity index (χ0) is 18.0. The first-order valence-electron chi connectivity index (χ1n) is 8.73. The second-order valence-electron chi connectivity index (χ2n) is 6.51. The maximum atomic E-state index is 9.77. The molecule has 0 saturated carbocycles. The highest BCUT2D eigenvalue weighted by Gasteiger charge is 2.21. The molecular weight excluding hydrogens is 310 g/mol. The Bertz CT molecular complexity index is 846. The van der Waals surface area contributed by atoms with Gasteiger partial charge in [0.25, 0.3) is 0 Å². The zero-order valence-corrected chi connectivity index (χ0v) is 15.0. The molecule has 1 fully saturated rings. The molecule has 1 aliphatic rings. The van der Waals surface area contributed by atoms with Gasteiger partial charge in [0.1, 0.15) is 5.82 Å². The molecule has 2 aromatic rings. The van der Waals surface area contributed by atoms with Crippen LogP contribution in [0.5, 0.6) is 0 Å². The number of piperidine rings is 1. The molecule has 3 heterocycles. The molecule has 0 bridgehead atoms. The summed E-state index contributed by atoms with van der Waals surface area (Å²) in [6.45, 7) is 13.7. The lowest BCUT2D eigenvalue weighted by Crippen LogP contribution is -2.36. The van der Waals surface area contributed by atoms with E-state index in [0.29, 0.717) is 0 Å². The third-order valence-corrected chi connectivity index (χ3v) is 4.89. The Labute approximate surface area is 149 Å². The van der Waals surface area contributed by atoms with Gasteiger partial charge in [0.05, 0.1) is 17.3 Å².